The Labute approximate surface area is 86.0 Å². The van der Waals surface area contributed by atoms with Crippen molar-refractivity contribution in [2.75, 3.05) is 6.26 Å². The molecule has 0 heterocycles. The average molecular weight is 217 g/mol. The maximum absolute atomic E-state index is 11.3. The van der Waals surface area contributed by atoms with Crippen molar-refractivity contribution >= 4 is 9.92 Å². The van der Waals surface area contributed by atoms with Crippen molar-refractivity contribution in [2.24, 2.45) is 9.50 Å². The average Bonchev–Trinajstić information content (AvgIpc) is 1.75. The predicted octanol–water partition coefficient (Wildman–Crippen LogP) is 0.631. The molecule has 0 aromatic heterocycles. The van der Waals surface area contributed by atoms with Crippen LogP contribution < -0.4 is 10.5 Å². The van der Waals surface area contributed by atoms with Crippen molar-refractivity contribution in [3.63, 3.8) is 0 Å². The van der Waals surface area contributed by atoms with E-state index >= 15 is 0 Å². The van der Waals surface area contributed by atoms with Crippen molar-refractivity contribution in [1.82, 2.24) is 5.32 Å². The molecule has 0 radical (unpaired) electrons. The quantitative estimate of drug-likeness (QED) is 0.728. The van der Waals surface area contributed by atoms with Gasteiger partial charge in [-0.05, 0) is 19.3 Å². The Morgan fingerprint density at radius 1 is 1.43 bits per heavy atom. The van der Waals surface area contributed by atoms with Crippen LogP contribution in [0.15, 0.2) is 4.36 Å². The van der Waals surface area contributed by atoms with Gasteiger partial charge in [0.15, 0.2) is 0 Å². The summed E-state index contributed by atoms with van der Waals surface area (Å²) in [7, 11) is -2.41. The molecule has 3 saturated carbocycles. The maximum atomic E-state index is 11.3. The molecule has 3 aliphatic carbocycles. The van der Waals surface area contributed by atoms with Crippen LogP contribution in [-0.2, 0) is 9.92 Å². The van der Waals surface area contributed by atoms with E-state index in [-0.39, 0.29) is 5.54 Å². The number of hydrogen-bond acceptors (Lipinski definition) is 3. The lowest BCUT2D eigenvalue weighted by atomic mass is 9.44. The summed E-state index contributed by atoms with van der Waals surface area (Å²) in [5.74, 6) is 0. The summed E-state index contributed by atoms with van der Waals surface area (Å²) in [6.45, 7) is 4.30. The van der Waals surface area contributed by atoms with E-state index in [9.17, 15) is 4.21 Å². The van der Waals surface area contributed by atoms with Crippen molar-refractivity contribution in [2.45, 2.75) is 50.2 Å². The smallest absolute Gasteiger partial charge is 0.102 e. The summed E-state index contributed by atoms with van der Waals surface area (Å²) in [6, 6.07) is 0.511. The molecule has 1 unspecified atom stereocenters. The SMILES string of the molecule is CC(C)NC12CC(N=S(C)(N)=O)(C1)C2. The van der Waals surface area contributed by atoms with Gasteiger partial charge in [-0.2, -0.15) is 0 Å². The minimum absolute atomic E-state index is 0.0392. The Kier molecular flexibility index (Phi) is 2.01. The molecule has 4 nitrogen and oxygen atoms in total. The number of nitrogens with two attached hydrogens (primary N) is 1. The van der Waals surface area contributed by atoms with Crippen molar-refractivity contribution < 1.29 is 4.21 Å². The lowest BCUT2D eigenvalue weighted by Gasteiger charge is -2.69. The van der Waals surface area contributed by atoms with Gasteiger partial charge in [-0.1, -0.05) is 13.8 Å². The standard InChI is InChI=1S/C9H19N3OS/c1-7(2)11-8-4-9(5-8,6-8)12-14(3,10)13/h7,11H,4-6H2,1-3H3,(H2,10,12,13). The first-order chi connectivity index (χ1) is 6.24. The zero-order valence-electron chi connectivity index (χ0n) is 9.04. The van der Waals surface area contributed by atoms with E-state index in [0.717, 1.165) is 19.3 Å². The van der Waals surface area contributed by atoms with Gasteiger partial charge in [0.2, 0.25) is 0 Å². The molecule has 3 fully saturated rings. The summed E-state index contributed by atoms with van der Waals surface area (Å²) in [5.41, 5.74) is 0.255. The van der Waals surface area contributed by atoms with E-state index in [0.29, 0.717) is 11.6 Å². The summed E-state index contributed by atoms with van der Waals surface area (Å²) < 4.78 is 15.6. The summed E-state index contributed by atoms with van der Waals surface area (Å²) in [4.78, 5) is 0. The van der Waals surface area contributed by atoms with E-state index in [1.165, 1.54) is 6.26 Å². The number of rotatable bonds is 3. The van der Waals surface area contributed by atoms with Crippen LogP contribution in [0.25, 0.3) is 0 Å². The Morgan fingerprint density at radius 2 is 1.93 bits per heavy atom. The van der Waals surface area contributed by atoms with Crippen LogP contribution in [0.4, 0.5) is 0 Å². The zero-order valence-corrected chi connectivity index (χ0v) is 9.86. The number of nitrogens with zero attached hydrogens (tertiary/aromatic N) is 1. The van der Waals surface area contributed by atoms with Crippen LogP contribution in [0.5, 0.6) is 0 Å². The Bertz CT molecular complexity index is 340. The first-order valence-electron chi connectivity index (χ1n) is 5.03. The molecular weight excluding hydrogens is 198 g/mol. The first kappa shape index (κ1) is 10.4. The van der Waals surface area contributed by atoms with Crippen LogP contribution in [0, 0.1) is 0 Å². The van der Waals surface area contributed by atoms with E-state index in [4.69, 9.17) is 5.14 Å². The van der Waals surface area contributed by atoms with Gasteiger partial charge in [0.25, 0.3) is 0 Å². The highest BCUT2D eigenvalue weighted by atomic mass is 32.2. The monoisotopic (exact) mass is 217 g/mol. The Balaban J connectivity index is 1.98. The predicted molar refractivity (Wildman–Crippen MR) is 58.3 cm³/mol. The third-order valence-electron chi connectivity index (χ3n) is 2.97. The molecule has 0 saturated heterocycles. The van der Waals surface area contributed by atoms with Crippen molar-refractivity contribution in [3.8, 4) is 0 Å². The molecule has 0 aliphatic heterocycles. The molecule has 14 heavy (non-hydrogen) atoms. The van der Waals surface area contributed by atoms with E-state index in [1.807, 2.05) is 0 Å². The molecule has 2 bridgehead atoms. The minimum atomic E-state index is -2.41. The van der Waals surface area contributed by atoms with Crippen molar-refractivity contribution in [1.29, 1.82) is 0 Å². The highest BCUT2D eigenvalue weighted by molar-refractivity contribution is 7.90. The minimum Gasteiger partial charge on any atom is -0.309 e. The molecular formula is C9H19N3OS. The van der Waals surface area contributed by atoms with Gasteiger partial charge in [0.1, 0.15) is 9.92 Å². The fourth-order valence-corrected chi connectivity index (χ4v) is 3.94. The topological polar surface area (TPSA) is 67.5 Å². The molecule has 0 aromatic rings. The van der Waals surface area contributed by atoms with Gasteiger partial charge >= 0.3 is 0 Å². The number of nitrogens with one attached hydrogen (secondary N) is 1. The lowest BCUT2D eigenvalue weighted by Crippen LogP contribution is -2.78. The third kappa shape index (κ3) is 1.68. The highest BCUT2D eigenvalue weighted by Gasteiger charge is 2.68. The van der Waals surface area contributed by atoms with Crippen LogP contribution in [0.3, 0.4) is 0 Å². The Hall–Kier alpha value is -0.130. The summed E-state index contributed by atoms with van der Waals surface area (Å²) in [6.07, 6.45) is 4.55. The second-order valence-corrected chi connectivity index (χ2v) is 7.19. The molecule has 1 atom stereocenters. The number of hydrogen-bond donors (Lipinski definition) is 2. The molecule has 0 amide bonds. The second kappa shape index (κ2) is 2.71. The van der Waals surface area contributed by atoms with Crippen LogP contribution >= 0.6 is 0 Å². The molecule has 82 valence electrons. The second-order valence-electron chi connectivity index (χ2n) is 5.29. The Morgan fingerprint density at radius 3 is 2.29 bits per heavy atom. The molecule has 5 heteroatoms. The van der Waals surface area contributed by atoms with Crippen molar-refractivity contribution in [3.05, 3.63) is 0 Å². The van der Waals surface area contributed by atoms with E-state index < -0.39 is 9.92 Å². The fourth-order valence-electron chi connectivity index (χ4n) is 2.98. The molecule has 0 spiro atoms. The van der Waals surface area contributed by atoms with Gasteiger partial charge in [-0.25, -0.2) is 13.7 Å². The molecule has 3 N–H and O–H groups in total. The molecule has 0 aromatic carbocycles. The summed E-state index contributed by atoms with van der Waals surface area (Å²) >= 11 is 0. The van der Waals surface area contributed by atoms with Gasteiger partial charge < -0.3 is 5.32 Å². The van der Waals surface area contributed by atoms with Gasteiger partial charge in [0.05, 0.1) is 5.54 Å². The van der Waals surface area contributed by atoms with Crippen LogP contribution in [0.2, 0.25) is 0 Å². The third-order valence-corrected chi connectivity index (χ3v) is 3.72. The maximum Gasteiger partial charge on any atom is 0.102 e. The first-order valence-corrected chi connectivity index (χ1v) is 7.02. The van der Waals surface area contributed by atoms with Gasteiger partial charge in [-0.15, -0.1) is 0 Å². The van der Waals surface area contributed by atoms with Gasteiger partial charge in [0, 0.05) is 17.8 Å². The van der Waals surface area contributed by atoms with Crippen LogP contribution in [-0.4, -0.2) is 27.6 Å². The fraction of sp³-hybridized carbons (Fsp3) is 1.00. The normalized spacial score (nSPS) is 43.8. The largest absolute Gasteiger partial charge is 0.309 e. The van der Waals surface area contributed by atoms with E-state index in [1.54, 1.807) is 0 Å². The lowest BCUT2D eigenvalue weighted by molar-refractivity contribution is -0.0799. The van der Waals surface area contributed by atoms with Crippen LogP contribution in [0.1, 0.15) is 33.1 Å². The summed E-state index contributed by atoms with van der Waals surface area (Å²) in [5, 5.41) is 8.98. The molecule has 3 rings (SSSR count). The highest BCUT2D eigenvalue weighted by Crippen LogP contribution is 2.63. The zero-order chi connectivity index (χ0) is 10.6. The van der Waals surface area contributed by atoms with Gasteiger partial charge in [-0.3, -0.25) is 0 Å². The molecule has 3 aliphatic rings. The van der Waals surface area contributed by atoms with E-state index in [2.05, 4.69) is 23.5 Å².